The highest BCUT2D eigenvalue weighted by molar-refractivity contribution is 7.15. The molecule has 2 aromatic rings. The minimum absolute atomic E-state index is 0.752. The number of nitrogen functional groups attached to an aromatic ring is 1. The van der Waals surface area contributed by atoms with Crippen molar-refractivity contribution in [2.45, 2.75) is 13.8 Å². The molecule has 106 valence electrons. The molecule has 0 aliphatic carbocycles. The summed E-state index contributed by atoms with van der Waals surface area (Å²) in [6.07, 6.45) is 3.51. The van der Waals surface area contributed by atoms with Crippen molar-refractivity contribution in [3.05, 3.63) is 29.0 Å². The summed E-state index contributed by atoms with van der Waals surface area (Å²) >= 11 is 1.78. The number of hydrogen-bond donors (Lipinski definition) is 1. The summed E-state index contributed by atoms with van der Waals surface area (Å²) in [5.41, 5.74) is 8.98. The molecule has 0 saturated carbocycles. The van der Waals surface area contributed by atoms with Crippen molar-refractivity contribution in [3.8, 4) is 0 Å². The average molecular weight is 289 g/mol. The highest BCUT2D eigenvalue weighted by atomic mass is 32.1. The van der Waals surface area contributed by atoms with Gasteiger partial charge in [0.05, 0.1) is 23.3 Å². The van der Waals surface area contributed by atoms with E-state index >= 15 is 0 Å². The number of piperazine rings is 1. The number of anilines is 3. The Morgan fingerprint density at radius 3 is 2.45 bits per heavy atom. The largest absolute Gasteiger partial charge is 0.396 e. The second-order valence-corrected chi connectivity index (χ2v) is 6.23. The molecule has 2 N–H and O–H groups in total. The Morgan fingerprint density at radius 2 is 1.85 bits per heavy atom. The van der Waals surface area contributed by atoms with Crippen molar-refractivity contribution < 1.29 is 0 Å². The molecule has 20 heavy (non-hydrogen) atoms. The molecule has 0 spiro atoms. The molecule has 0 bridgehead atoms. The Morgan fingerprint density at radius 1 is 1.15 bits per heavy atom. The van der Waals surface area contributed by atoms with Gasteiger partial charge in [0, 0.05) is 37.3 Å². The van der Waals surface area contributed by atoms with Gasteiger partial charge in [-0.05, 0) is 19.9 Å². The summed E-state index contributed by atoms with van der Waals surface area (Å²) < 4.78 is 0. The van der Waals surface area contributed by atoms with Crippen LogP contribution in [0.5, 0.6) is 0 Å². The van der Waals surface area contributed by atoms with Gasteiger partial charge in [-0.1, -0.05) is 0 Å². The second-order valence-electron chi connectivity index (χ2n) is 5.05. The van der Waals surface area contributed by atoms with E-state index in [1.807, 2.05) is 6.07 Å². The first-order chi connectivity index (χ1) is 9.65. The highest BCUT2D eigenvalue weighted by Crippen LogP contribution is 2.28. The Labute approximate surface area is 123 Å². The Bertz CT molecular complexity index is 582. The van der Waals surface area contributed by atoms with E-state index in [4.69, 9.17) is 5.73 Å². The van der Waals surface area contributed by atoms with Crippen molar-refractivity contribution in [3.63, 3.8) is 0 Å². The molecule has 6 heteroatoms. The molecule has 0 radical (unpaired) electrons. The normalized spacial score (nSPS) is 15.7. The quantitative estimate of drug-likeness (QED) is 0.917. The summed E-state index contributed by atoms with van der Waals surface area (Å²) in [6.45, 7) is 8.09. The number of hydrogen-bond acceptors (Lipinski definition) is 6. The van der Waals surface area contributed by atoms with Gasteiger partial charge < -0.3 is 15.5 Å². The number of nitrogens with two attached hydrogens (primary N) is 1. The molecule has 5 nitrogen and oxygen atoms in total. The molecule has 1 aliphatic heterocycles. The van der Waals surface area contributed by atoms with Crippen LogP contribution in [0, 0.1) is 13.8 Å². The van der Waals surface area contributed by atoms with Crippen molar-refractivity contribution in [2.75, 3.05) is 41.7 Å². The lowest BCUT2D eigenvalue weighted by Crippen LogP contribution is -2.46. The Balaban J connectivity index is 1.69. The van der Waals surface area contributed by atoms with E-state index in [2.05, 4.69) is 33.6 Å². The van der Waals surface area contributed by atoms with Gasteiger partial charge in [-0.15, -0.1) is 11.3 Å². The summed E-state index contributed by atoms with van der Waals surface area (Å²) in [7, 11) is 0. The summed E-state index contributed by atoms with van der Waals surface area (Å²) in [5, 5.41) is 1.14. The van der Waals surface area contributed by atoms with Crippen molar-refractivity contribution in [1.29, 1.82) is 0 Å². The van der Waals surface area contributed by atoms with Gasteiger partial charge in [0.15, 0.2) is 5.13 Å². The molecule has 1 fully saturated rings. The first kappa shape index (κ1) is 13.2. The van der Waals surface area contributed by atoms with Crippen LogP contribution in [0.1, 0.15) is 10.6 Å². The SMILES string of the molecule is Cc1nc(N2CCN(c3ccncc3N)CC2)sc1C. The van der Waals surface area contributed by atoms with Gasteiger partial charge >= 0.3 is 0 Å². The molecule has 2 aromatic heterocycles. The standard InChI is InChI=1S/C14H19N5S/c1-10-11(2)20-14(17-10)19-7-5-18(6-8-19)13-3-4-16-9-12(13)15/h3-4,9H,5-8,15H2,1-2H3. The van der Waals surface area contributed by atoms with Crippen LogP contribution in [0.4, 0.5) is 16.5 Å². The first-order valence-electron chi connectivity index (χ1n) is 6.78. The predicted molar refractivity (Wildman–Crippen MR) is 84.7 cm³/mol. The molecule has 3 heterocycles. The van der Waals surface area contributed by atoms with E-state index in [1.165, 1.54) is 4.88 Å². The highest BCUT2D eigenvalue weighted by Gasteiger charge is 2.21. The summed E-state index contributed by atoms with van der Waals surface area (Å²) in [4.78, 5) is 14.7. The fourth-order valence-corrected chi connectivity index (χ4v) is 3.38. The maximum Gasteiger partial charge on any atom is 0.185 e. The van der Waals surface area contributed by atoms with Crippen LogP contribution < -0.4 is 15.5 Å². The lowest BCUT2D eigenvalue weighted by molar-refractivity contribution is 0.652. The van der Waals surface area contributed by atoms with Crippen molar-refractivity contribution in [2.24, 2.45) is 0 Å². The number of pyridine rings is 1. The minimum atomic E-state index is 0.752. The van der Waals surface area contributed by atoms with Crippen LogP contribution in [-0.4, -0.2) is 36.1 Å². The molecule has 1 aliphatic rings. The third-order valence-corrected chi connectivity index (χ3v) is 4.87. The predicted octanol–water partition coefficient (Wildman–Crippen LogP) is 2.06. The molecule has 0 unspecified atom stereocenters. The maximum atomic E-state index is 5.99. The molecule has 0 atom stereocenters. The van der Waals surface area contributed by atoms with Crippen molar-refractivity contribution >= 4 is 27.8 Å². The van der Waals surface area contributed by atoms with Gasteiger partial charge in [-0.3, -0.25) is 4.98 Å². The van der Waals surface area contributed by atoms with Crippen molar-refractivity contribution in [1.82, 2.24) is 9.97 Å². The van der Waals surface area contributed by atoms with Crippen LogP contribution >= 0.6 is 11.3 Å². The van der Waals surface area contributed by atoms with Crippen LogP contribution in [0.15, 0.2) is 18.5 Å². The van der Waals surface area contributed by atoms with Gasteiger partial charge in [-0.25, -0.2) is 4.98 Å². The number of aromatic nitrogens is 2. The third kappa shape index (κ3) is 2.43. The van der Waals surface area contributed by atoms with E-state index in [9.17, 15) is 0 Å². The maximum absolute atomic E-state index is 5.99. The zero-order chi connectivity index (χ0) is 14.1. The third-order valence-electron chi connectivity index (χ3n) is 3.74. The van der Waals surface area contributed by atoms with E-state index in [1.54, 1.807) is 23.7 Å². The molecule has 0 amide bonds. The minimum Gasteiger partial charge on any atom is -0.396 e. The average Bonchev–Trinajstić information content (AvgIpc) is 2.80. The fraction of sp³-hybridized carbons (Fsp3) is 0.429. The summed E-state index contributed by atoms with van der Waals surface area (Å²) in [5.74, 6) is 0. The number of nitrogens with zero attached hydrogens (tertiary/aromatic N) is 4. The van der Waals surface area contributed by atoms with Gasteiger partial charge in [0.1, 0.15) is 0 Å². The van der Waals surface area contributed by atoms with Crippen LogP contribution in [0.25, 0.3) is 0 Å². The van der Waals surface area contributed by atoms with Crippen LogP contribution in [0.3, 0.4) is 0 Å². The number of thiazole rings is 1. The lowest BCUT2D eigenvalue weighted by Gasteiger charge is -2.36. The van der Waals surface area contributed by atoms with E-state index in [0.29, 0.717) is 0 Å². The molecule has 1 saturated heterocycles. The Kier molecular flexibility index (Phi) is 3.48. The monoisotopic (exact) mass is 289 g/mol. The molecular weight excluding hydrogens is 270 g/mol. The second kappa shape index (κ2) is 5.28. The summed E-state index contributed by atoms with van der Waals surface area (Å²) in [6, 6.07) is 1.99. The zero-order valence-corrected chi connectivity index (χ0v) is 12.7. The molecule has 3 rings (SSSR count). The fourth-order valence-electron chi connectivity index (χ4n) is 2.42. The van der Waals surface area contributed by atoms with Crippen LogP contribution in [0.2, 0.25) is 0 Å². The molecular formula is C14H19N5S. The van der Waals surface area contributed by atoms with E-state index in [-0.39, 0.29) is 0 Å². The first-order valence-corrected chi connectivity index (χ1v) is 7.60. The van der Waals surface area contributed by atoms with E-state index in [0.717, 1.165) is 48.4 Å². The topological polar surface area (TPSA) is 58.3 Å². The number of rotatable bonds is 2. The van der Waals surface area contributed by atoms with Gasteiger partial charge in [0.25, 0.3) is 0 Å². The number of aryl methyl sites for hydroxylation is 2. The van der Waals surface area contributed by atoms with Gasteiger partial charge in [-0.2, -0.15) is 0 Å². The smallest absolute Gasteiger partial charge is 0.185 e. The zero-order valence-electron chi connectivity index (χ0n) is 11.8. The van der Waals surface area contributed by atoms with E-state index < -0.39 is 0 Å². The Hall–Kier alpha value is -1.82. The van der Waals surface area contributed by atoms with Crippen LogP contribution in [-0.2, 0) is 0 Å². The lowest BCUT2D eigenvalue weighted by atomic mass is 10.2. The molecule has 0 aromatic carbocycles. The van der Waals surface area contributed by atoms with Gasteiger partial charge in [0.2, 0.25) is 0 Å².